The lowest BCUT2D eigenvalue weighted by Crippen LogP contribution is -2.42. The molecule has 1 aromatic carbocycles. The lowest BCUT2D eigenvalue weighted by Gasteiger charge is -2.33. The highest BCUT2D eigenvalue weighted by atomic mass is 32.2. The van der Waals surface area contributed by atoms with Gasteiger partial charge in [-0.05, 0) is 64.2 Å². The number of hydrogen-bond acceptors (Lipinski definition) is 8. The molecule has 0 bridgehead atoms. The minimum absolute atomic E-state index is 0.0378. The van der Waals surface area contributed by atoms with Crippen LogP contribution in [0.3, 0.4) is 0 Å². The summed E-state index contributed by atoms with van der Waals surface area (Å²) in [6, 6.07) is 7.30. The largest absolute Gasteiger partial charge is 0.490 e. The van der Waals surface area contributed by atoms with Gasteiger partial charge in [0.15, 0.2) is 0 Å². The molecule has 0 saturated heterocycles. The molecule has 0 amide bonds. The zero-order chi connectivity index (χ0) is 26.3. The van der Waals surface area contributed by atoms with Crippen LogP contribution in [0.25, 0.3) is 0 Å². The molecule has 1 aromatic rings. The molecule has 1 heterocycles. The van der Waals surface area contributed by atoms with Crippen LogP contribution in [0.1, 0.15) is 70.9 Å². The van der Waals surface area contributed by atoms with Crippen molar-refractivity contribution in [1.82, 2.24) is 10.2 Å². The third-order valence-corrected chi connectivity index (χ3v) is 7.89. The number of benzene rings is 1. The molecule has 3 rings (SSSR count). The second-order valence-corrected chi connectivity index (χ2v) is 11.3. The number of ether oxygens (including phenoxy) is 2. The second kappa shape index (κ2) is 12.7. The number of sulfonamides is 1. The molecule has 3 unspecified atom stereocenters. The third kappa shape index (κ3) is 6.85. The van der Waals surface area contributed by atoms with E-state index in [1.54, 1.807) is 12.1 Å². The van der Waals surface area contributed by atoms with Crippen molar-refractivity contribution in [2.24, 2.45) is 10.9 Å². The zero-order valence-corrected chi connectivity index (χ0v) is 22.7. The van der Waals surface area contributed by atoms with Gasteiger partial charge in [0.25, 0.3) is 0 Å². The quantitative estimate of drug-likeness (QED) is 0.404. The smallest absolute Gasteiger partial charge is 0.242 e. The Bertz CT molecular complexity index is 1120. The molecule has 2 aliphatic rings. The molecule has 1 aliphatic heterocycles. The highest BCUT2D eigenvalue weighted by molar-refractivity contribution is 7.89. The Labute approximate surface area is 214 Å². The number of nitriles is 1. The summed E-state index contributed by atoms with van der Waals surface area (Å²) in [4.78, 5) is 10.6. The number of rotatable bonds is 12. The molecule has 198 valence electrons. The van der Waals surface area contributed by atoms with Crippen LogP contribution in [0.2, 0.25) is 0 Å². The molecule has 0 spiro atoms. The Morgan fingerprint density at radius 1 is 1.33 bits per heavy atom. The van der Waals surface area contributed by atoms with E-state index in [1.807, 2.05) is 19.9 Å². The Morgan fingerprint density at radius 2 is 2.11 bits per heavy atom. The highest BCUT2D eigenvalue weighted by Crippen LogP contribution is 2.37. The molecule has 0 aromatic heterocycles. The van der Waals surface area contributed by atoms with Gasteiger partial charge in [-0.25, -0.2) is 18.1 Å². The molecule has 0 radical (unpaired) electrons. The third-order valence-electron chi connectivity index (χ3n) is 6.54. The number of aliphatic imine (C=N–C) groups is 1. The van der Waals surface area contributed by atoms with Gasteiger partial charge in [-0.15, -0.1) is 5.48 Å². The summed E-state index contributed by atoms with van der Waals surface area (Å²) >= 11 is 0. The number of nitrogens with zero attached hydrogens (tertiary/aromatic N) is 2. The predicted octanol–water partition coefficient (Wildman–Crippen LogP) is 3.80. The van der Waals surface area contributed by atoms with Crippen LogP contribution in [0.15, 0.2) is 34.3 Å². The van der Waals surface area contributed by atoms with Crippen LogP contribution >= 0.6 is 0 Å². The van der Waals surface area contributed by atoms with Crippen LogP contribution < -0.4 is 14.9 Å². The van der Waals surface area contributed by atoms with Gasteiger partial charge in [0.1, 0.15) is 18.0 Å². The van der Waals surface area contributed by atoms with Crippen LogP contribution in [0, 0.1) is 17.2 Å². The molecule has 3 atom stereocenters. The highest BCUT2D eigenvalue weighted by Gasteiger charge is 2.35. The summed E-state index contributed by atoms with van der Waals surface area (Å²) in [6.45, 7) is 8.17. The summed E-state index contributed by atoms with van der Waals surface area (Å²) in [5.74, 6) is 0.964. The first-order chi connectivity index (χ1) is 17.2. The van der Waals surface area contributed by atoms with Crippen LogP contribution in [-0.2, 0) is 19.6 Å². The summed E-state index contributed by atoms with van der Waals surface area (Å²) in [5, 5.41) is 9.57. The minimum Gasteiger partial charge on any atom is -0.490 e. The molecule has 0 saturated carbocycles. The van der Waals surface area contributed by atoms with Gasteiger partial charge < -0.3 is 14.3 Å². The van der Waals surface area contributed by atoms with Crippen LogP contribution in [-0.4, -0.2) is 52.1 Å². The molecule has 0 fully saturated rings. The van der Waals surface area contributed by atoms with Gasteiger partial charge in [0.2, 0.25) is 15.9 Å². The number of methoxy groups -OCH3 is 1. The Balaban J connectivity index is 1.85. The molecule has 36 heavy (non-hydrogen) atoms. The standard InChI is InChI=1S/C26H38N4O5S/c1-6-20-22(9-8-10-23(20)30-36(31,32)14-13-33-5)21(7-2)25-28-26(35-29-25)18-11-12-24(34-17(3)4)19(15-18)16-27/h11-12,15,17,21,23,25,29-30H,6-10,13-14H2,1-5H3. The normalized spacial score (nSPS) is 21.2. The summed E-state index contributed by atoms with van der Waals surface area (Å²) in [5.41, 5.74) is 6.58. The Morgan fingerprint density at radius 3 is 2.75 bits per heavy atom. The number of nitrogens with one attached hydrogen (secondary N) is 2. The van der Waals surface area contributed by atoms with E-state index in [4.69, 9.17) is 19.3 Å². The second-order valence-electron chi connectivity index (χ2n) is 9.38. The average molecular weight is 519 g/mol. The first-order valence-corrected chi connectivity index (χ1v) is 14.3. The first kappa shape index (κ1) is 28.1. The maximum absolute atomic E-state index is 12.6. The SMILES string of the molecule is CCC1=C(C(CC)C2N=C(c3ccc(OC(C)C)c(C#N)c3)ON2)CCCC1NS(=O)(=O)CCOC. The van der Waals surface area contributed by atoms with Crippen molar-refractivity contribution in [2.75, 3.05) is 19.5 Å². The van der Waals surface area contributed by atoms with Gasteiger partial charge in [-0.1, -0.05) is 25.0 Å². The van der Waals surface area contributed by atoms with Gasteiger partial charge in [-0.2, -0.15) is 5.26 Å². The Kier molecular flexibility index (Phi) is 9.91. The lowest BCUT2D eigenvalue weighted by atomic mass is 9.78. The summed E-state index contributed by atoms with van der Waals surface area (Å²) in [7, 11) is -1.94. The van der Waals surface area contributed by atoms with Crippen molar-refractivity contribution in [1.29, 1.82) is 5.26 Å². The fourth-order valence-corrected chi connectivity index (χ4v) is 6.12. The van der Waals surface area contributed by atoms with Crippen molar-refractivity contribution in [3.05, 3.63) is 40.5 Å². The zero-order valence-electron chi connectivity index (χ0n) is 21.8. The van der Waals surface area contributed by atoms with Crippen molar-refractivity contribution in [3.8, 4) is 11.8 Å². The van der Waals surface area contributed by atoms with E-state index < -0.39 is 10.0 Å². The van der Waals surface area contributed by atoms with Crippen molar-refractivity contribution in [2.45, 2.75) is 78.1 Å². The summed E-state index contributed by atoms with van der Waals surface area (Å²) in [6.07, 6.45) is 3.83. The lowest BCUT2D eigenvalue weighted by molar-refractivity contribution is 0.155. The summed E-state index contributed by atoms with van der Waals surface area (Å²) < 4.78 is 38.7. The molecular formula is C26H38N4O5S. The predicted molar refractivity (Wildman–Crippen MR) is 139 cm³/mol. The van der Waals surface area contributed by atoms with Gasteiger partial charge in [0.05, 0.1) is 24.0 Å². The van der Waals surface area contributed by atoms with E-state index in [9.17, 15) is 13.7 Å². The van der Waals surface area contributed by atoms with Gasteiger partial charge >= 0.3 is 0 Å². The first-order valence-electron chi connectivity index (χ1n) is 12.6. The fourth-order valence-electron chi connectivity index (χ4n) is 4.92. The van der Waals surface area contributed by atoms with E-state index in [-0.39, 0.29) is 36.6 Å². The van der Waals surface area contributed by atoms with Crippen LogP contribution in [0.5, 0.6) is 5.75 Å². The maximum atomic E-state index is 12.6. The molecule has 9 nitrogen and oxygen atoms in total. The Hall–Kier alpha value is -2.45. The van der Waals surface area contributed by atoms with Crippen molar-refractivity contribution < 1.29 is 22.7 Å². The van der Waals surface area contributed by atoms with E-state index in [1.165, 1.54) is 12.7 Å². The van der Waals surface area contributed by atoms with E-state index in [2.05, 4.69) is 30.1 Å². The maximum Gasteiger partial charge on any atom is 0.242 e. The molecule has 1 aliphatic carbocycles. The number of hydrogen-bond donors (Lipinski definition) is 2. The molecular weight excluding hydrogens is 480 g/mol. The molecule has 2 N–H and O–H groups in total. The van der Waals surface area contributed by atoms with E-state index in [0.29, 0.717) is 22.8 Å². The van der Waals surface area contributed by atoms with Crippen LogP contribution in [0.4, 0.5) is 0 Å². The van der Waals surface area contributed by atoms with Crippen molar-refractivity contribution in [3.63, 3.8) is 0 Å². The van der Waals surface area contributed by atoms with Crippen molar-refractivity contribution >= 4 is 15.9 Å². The van der Waals surface area contributed by atoms with E-state index in [0.717, 1.165) is 37.7 Å². The van der Waals surface area contributed by atoms with Gasteiger partial charge in [0, 0.05) is 24.6 Å². The number of hydroxylamine groups is 1. The minimum atomic E-state index is -3.44. The van der Waals surface area contributed by atoms with E-state index >= 15 is 0 Å². The fraction of sp³-hybridized carbons (Fsp3) is 0.615. The van der Waals surface area contributed by atoms with Gasteiger partial charge in [-0.3, -0.25) is 0 Å². The molecule has 10 heteroatoms. The monoisotopic (exact) mass is 518 g/mol. The average Bonchev–Trinajstić information content (AvgIpc) is 3.33. The topological polar surface area (TPSA) is 122 Å².